The van der Waals surface area contributed by atoms with Crippen molar-refractivity contribution in [3.63, 3.8) is 0 Å². The molecular weight excluding hydrogens is 222 g/mol. The lowest BCUT2D eigenvalue weighted by Gasteiger charge is -1.99. The average Bonchev–Trinajstić information content (AvgIpc) is 3.05. The van der Waals surface area contributed by atoms with Crippen molar-refractivity contribution in [2.24, 2.45) is 5.92 Å². The van der Waals surface area contributed by atoms with Gasteiger partial charge in [0.15, 0.2) is 9.84 Å². The van der Waals surface area contributed by atoms with E-state index in [0.717, 1.165) is 5.56 Å². The molecule has 0 heterocycles. The van der Waals surface area contributed by atoms with Crippen molar-refractivity contribution < 1.29 is 8.42 Å². The van der Waals surface area contributed by atoms with Crippen LogP contribution in [-0.4, -0.2) is 19.4 Å². The van der Waals surface area contributed by atoms with Crippen molar-refractivity contribution in [1.29, 1.82) is 5.26 Å². The van der Waals surface area contributed by atoms with E-state index in [9.17, 15) is 8.42 Å². The summed E-state index contributed by atoms with van der Waals surface area (Å²) in [5.41, 5.74) is 0.955. The molecule has 0 amide bonds. The highest BCUT2D eigenvalue weighted by Crippen LogP contribution is 2.51. The van der Waals surface area contributed by atoms with Gasteiger partial charge in [0, 0.05) is 11.7 Å². The van der Waals surface area contributed by atoms with Crippen molar-refractivity contribution in [2.75, 3.05) is 5.75 Å². The molecule has 1 aromatic carbocycles. The molecule has 0 bridgehead atoms. The number of nitriles is 1. The maximum Gasteiger partial charge on any atom is 0.154 e. The minimum atomic E-state index is -3.11. The Bertz CT molecular complexity index is 516. The van der Waals surface area contributed by atoms with Crippen LogP contribution in [0, 0.1) is 17.2 Å². The van der Waals surface area contributed by atoms with Gasteiger partial charge in [0.05, 0.1) is 17.2 Å². The van der Waals surface area contributed by atoms with Gasteiger partial charge in [0.1, 0.15) is 0 Å². The molecule has 84 valence electrons. The van der Waals surface area contributed by atoms with E-state index in [2.05, 4.69) is 6.07 Å². The molecule has 0 unspecified atom stereocenters. The Hall–Kier alpha value is -1.34. The van der Waals surface area contributed by atoms with Gasteiger partial charge in [0.2, 0.25) is 0 Å². The summed E-state index contributed by atoms with van der Waals surface area (Å²) in [5, 5.41) is 8.46. The SMILES string of the molecule is CCS(=O)(=O)[C@@H]1[C@@H](C#N)[C@@H]1c1ccccc1. The summed E-state index contributed by atoms with van der Waals surface area (Å²) >= 11 is 0. The number of nitrogens with zero attached hydrogens (tertiary/aromatic N) is 1. The molecule has 1 aliphatic rings. The summed E-state index contributed by atoms with van der Waals surface area (Å²) < 4.78 is 23.5. The largest absolute Gasteiger partial charge is 0.228 e. The lowest BCUT2D eigenvalue weighted by Crippen LogP contribution is -2.12. The second kappa shape index (κ2) is 3.91. The van der Waals surface area contributed by atoms with E-state index >= 15 is 0 Å². The molecule has 0 aromatic heterocycles. The van der Waals surface area contributed by atoms with Crippen molar-refractivity contribution in [3.8, 4) is 6.07 Å². The van der Waals surface area contributed by atoms with E-state index in [0.29, 0.717) is 0 Å². The van der Waals surface area contributed by atoms with Gasteiger partial charge >= 0.3 is 0 Å². The fraction of sp³-hybridized carbons (Fsp3) is 0.417. The van der Waals surface area contributed by atoms with Crippen LogP contribution in [0.15, 0.2) is 30.3 Å². The third-order valence-electron chi connectivity index (χ3n) is 3.10. The number of rotatable bonds is 3. The van der Waals surface area contributed by atoms with E-state index in [4.69, 9.17) is 5.26 Å². The molecule has 0 N–H and O–H groups in total. The van der Waals surface area contributed by atoms with E-state index in [-0.39, 0.29) is 17.6 Å². The fourth-order valence-corrected chi connectivity index (χ4v) is 3.89. The molecular formula is C12H13NO2S. The van der Waals surface area contributed by atoms with Crippen LogP contribution < -0.4 is 0 Å². The molecule has 1 aromatic rings. The topological polar surface area (TPSA) is 57.9 Å². The third kappa shape index (κ3) is 1.72. The normalized spacial score (nSPS) is 28.4. The van der Waals surface area contributed by atoms with Gasteiger partial charge in [0.25, 0.3) is 0 Å². The molecule has 3 atom stereocenters. The van der Waals surface area contributed by atoms with Crippen LogP contribution in [0.5, 0.6) is 0 Å². The molecule has 4 heteroatoms. The summed E-state index contributed by atoms with van der Waals surface area (Å²) in [6.45, 7) is 1.63. The number of sulfone groups is 1. The fourth-order valence-electron chi connectivity index (χ4n) is 2.15. The first-order valence-corrected chi connectivity index (χ1v) is 6.99. The molecule has 1 fully saturated rings. The number of hydrogen-bond donors (Lipinski definition) is 0. The van der Waals surface area contributed by atoms with E-state index in [1.54, 1.807) is 6.92 Å². The lowest BCUT2D eigenvalue weighted by atomic mass is 10.1. The highest BCUT2D eigenvalue weighted by Gasteiger charge is 2.58. The van der Waals surface area contributed by atoms with Gasteiger partial charge in [-0.05, 0) is 5.56 Å². The van der Waals surface area contributed by atoms with E-state index in [1.807, 2.05) is 30.3 Å². The first-order chi connectivity index (χ1) is 7.61. The Morgan fingerprint density at radius 1 is 1.31 bits per heavy atom. The van der Waals surface area contributed by atoms with Gasteiger partial charge in [-0.15, -0.1) is 0 Å². The zero-order valence-electron chi connectivity index (χ0n) is 9.00. The van der Waals surface area contributed by atoms with Crippen molar-refractivity contribution in [2.45, 2.75) is 18.1 Å². The van der Waals surface area contributed by atoms with Crippen molar-refractivity contribution in [3.05, 3.63) is 35.9 Å². The lowest BCUT2D eigenvalue weighted by molar-refractivity contribution is 0.594. The summed E-state index contributed by atoms with van der Waals surface area (Å²) in [7, 11) is -3.11. The number of benzene rings is 1. The van der Waals surface area contributed by atoms with Crippen molar-refractivity contribution >= 4 is 9.84 Å². The quantitative estimate of drug-likeness (QED) is 0.801. The van der Waals surface area contributed by atoms with Gasteiger partial charge in [-0.2, -0.15) is 5.26 Å². The third-order valence-corrected chi connectivity index (χ3v) is 5.33. The highest BCUT2D eigenvalue weighted by atomic mass is 32.2. The van der Waals surface area contributed by atoms with Crippen LogP contribution in [0.1, 0.15) is 18.4 Å². The second-order valence-corrected chi connectivity index (χ2v) is 6.45. The second-order valence-electron chi connectivity index (χ2n) is 4.01. The van der Waals surface area contributed by atoms with Gasteiger partial charge < -0.3 is 0 Å². The van der Waals surface area contributed by atoms with Crippen LogP contribution >= 0.6 is 0 Å². The predicted molar refractivity (Wildman–Crippen MR) is 61.5 cm³/mol. The highest BCUT2D eigenvalue weighted by molar-refractivity contribution is 7.92. The maximum absolute atomic E-state index is 11.8. The zero-order chi connectivity index (χ0) is 11.8. The minimum Gasteiger partial charge on any atom is -0.228 e. The van der Waals surface area contributed by atoms with Crippen LogP contribution in [-0.2, 0) is 9.84 Å². The van der Waals surface area contributed by atoms with Gasteiger partial charge in [-0.1, -0.05) is 37.3 Å². The summed E-state index contributed by atoms with van der Waals surface area (Å²) in [4.78, 5) is 0. The van der Waals surface area contributed by atoms with E-state index in [1.165, 1.54) is 0 Å². The molecule has 1 aliphatic carbocycles. The molecule has 0 radical (unpaired) electrons. The monoisotopic (exact) mass is 235 g/mol. The average molecular weight is 235 g/mol. The van der Waals surface area contributed by atoms with Crippen LogP contribution in [0.4, 0.5) is 0 Å². The Kier molecular flexibility index (Phi) is 2.73. The Morgan fingerprint density at radius 2 is 1.94 bits per heavy atom. The first kappa shape index (κ1) is 11.2. The van der Waals surface area contributed by atoms with Crippen molar-refractivity contribution in [1.82, 2.24) is 0 Å². The van der Waals surface area contributed by atoms with Crippen LogP contribution in [0.3, 0.4) is 0 Å². The maximum atomic E-state index is 11.8. The van der Waals surface area contributed by atoms with Crippen LogP contribution in [0.2, 0.25) is 0 Å². The Balaban J connectivity index is 2.31. The number of hydrogen-bond acceptors (Lipinski definition) is 3. The Morgan fingerprint density at radius 3 is 2.44 bits per heavy atom. The molecule has 0 saturated heterocycles. The summed E-state index contributed by atoms with van der Waals surface area (Å²) in [6.07, 6.45) is 0. The van der Waals surface area contributed by atoms with Crippen LogP contribution in [0.25, 0.3) is 0 Å². The molecule has 1 saturated carbocycles. The standard InChI is InChI=1S/C12H13NO2S/c1-2-16(14,15)12-10(8-13)11(12)9-6-4-3-5-7-9/h3-7,10-12H,2H2,1H3/t10-,11-,12+/m0/s1. The molecule has 2 rings (SSSR count). The minimum absolute atomic E-state index is 0.110. The molecule has 0 spiro atoms. The molecule has 16 heavy (non-hydrogen) atoms. The summed E-state index contributed by atoms with van der Waals surface area (Å²) in [5.74, 6) is -0.386. The molecule has 3 nitrogen and oxygen atoms in total. The van der Waals surface area contributed by atoms with Gasteiger partial charge in [-0.3, -0.25) is 0 Å². The Labute approximate surface area is 95.6 Å². The predicted octanol–water partition coefficient (Wildman–Crippen LogP) is 1.73. The van der Waals surface area contributed by atoms with E-state index < -0.39 is 15.1 Å². The summed E-state index contributed by atoms with van der Waals surface area (Å²) in [6, 6.07) is 11.5. The zero-order valence-corrected chi connectivity index (χ0v) is 9.81. The smallest absolute Gasteiger partial charge is 0.154 e. The first-order valence-electron chi connectivity index (χ1n) is 5.28. The van der Waals surface area contributed by atoms with Gasteiger partial charge in [-0.25, -0.2) is 8.42 Å². The molecule has 0 aliphatic heterocycles.